The number of nitrogens with two attached hydrogens (primary N) is 1. The average Bonchev–Trinajstić information content (AvgIpc) is 3.55. The number of hydrogen-bond donors (Lipinski definition) is 2. The van der Waals surface area contributed by atoms with Crippen LogP contribution >= 0.6 is 0 Å². The first-order valence-corrected chi connectivity index (χ1v) is 11.7. The van der Waals surface area contributed by atoms with Crippen molar-refractivity contribution in [2.24, 2.45) is 12.8 Å². The molecule has 3 heterocycles. The van der Waals surface area contributed by atoms with Crippen LogP contribution in [0.15, 0.2) is 61.3 Å². The fraction of sp³-hybridized carbons (Fsp3) is 0.231. The molecule has 196 valence electrons. The third kappa shape index (κ3) is 4.60. The highest BCUT2D eigenvalue weighted by Crippen LogP contribution is 2.38. The van der Waals surface area contributed by atoms with Crippen molar-refractivity contribution in [1.29, 1.82) is 0 Å². The maximum absolute atomic E-state index is 14.3. The number of aryl methyl sites for hydroxylation is 1. The van der Waals surface area contributed by atoms with E-state index in [2.05, 4.69) is 20.5 Å². The number of hydrogen-bond acceptors (Lipinski definition) is 5. The highest BCUT2D eigenvalue weighted by Gasteiger charge is 2.38. The summed E-state index contributed by atoms with van der Waals surface area (Å²) in [5.74, 6) is -0.656. The van der Waals surface area contributed by atoms with E-state index in [-0.39, 0.29) is 22.2 Å². The van der Waals surface area contributed by atoms with Crippen molar-refractivity contribution >= 4 is 22.5 Å². The molecule has 0 bridgehead atoms. The number of fused-ring (bicyclic) bond motifs is 1. The van der Waals surface area contributed by atoms with Gasteiger partial charge in [0.1, 0.15) is 0 Å². The second-order valence-electron chi connectivity index (χ2n) is 9.97. The number of aromatic nitrogens is 6. The summed E-state index contributed by atoms with van der Waals surface area (Å²) in [6.07, 6.45) is 1.78. The van der Waals surface area contributed by atoms with Crippen LogP contribution in [0.4, 0.5) is 18.9 Å². The van der Waals surface area contributed by atoms with Crippen LogP contribution in [0.25, 0.3) is 33.5 Å². The molecule has 5 aromatic rings. The van der Waals surface area contributed by atoms with Gasteiger partial charge in [0.2, 0.25) is 0 Å². The van der Waals surface area contributed by atoms with E-state index in [4.69, 9.17) is 5.73 Å². The molecule has 0 radical (unpaired) electrons. The molecule has 0 fully saturated rings. The number of carbonyl (C=O) groups is 1. The first-order chi connectivity index (χ1) is 17.8. The van der Waals surface area contributed by atoms with Gasteiger partial charge < -0.3 is 15.6 Å². The molecule has 3 N–H and O–H groups in total. The maximum Gasteiger partial charge on any atom is 0.435 e. The van der Waals surface area contributed by atoms with Gasteiger partial charge in [0, 0.05) is 36.2 Å². The number of nitrogens with one attached hydrogen (secondary N) is 1. The highest BCUT2D eigenvalue weighted by molar-refractivity contribution is 5.99. The standard InChI is InChI=1S/C26H25F3N8O/c1-25(2,3)33-18-10-16(8-9-17(18)24(30)38)37-21-7-5-6-20(22(21)23(34-37)26(27,28)29)36-13-19(31-14-36)15-11-32-35(4)12-15/h5-14,33H,1-4H3,(H2,30,38). The third-order valence-corrected chi connectivity index (χ3v) is 5.84. The lowest BCUT2D eigenvalue weighted by Gasteiger charge is -2.24. The molecule has 0 unspecified atom stereocenters. The molecule has 2 aromatic carbocycles. The molecule has 38 heavy (non-hydrogen) atoms. The molecule has 12 heteroatoms. The molecule has 0 saturated carbocycles. The van der Waals surface area contributed by atoms with E-state index >= 15 is 0 Å². The number of anilines is 1. The monoisotopic (exact) mass is 522 g/mol. The van der Waals surface area contributed by atoms with Gasteiger partial charge in [0.05, 0.1) is 46.1 Å². The van der Waals surface area contributed by atoms with Gasteiger partial charge in [0.15, 0.2) is 5.69 Å². The smallest absolute Gasteiger partial charge is 0.380 e. The summed E-state index contributed by atoms with van der Waals surface area (Å²) in [5.41, 5.74) is 6.82. The number of benzene rings is 2. The van der Waals surface area contributed by atoms with Crippen LogP contribution in [-0.2, 0) is 13.2 Å². The summed E-state index contributed by atoms with van der Waals surface area (Å²) in [6, 6.07) is 9.38. The molecular weight excluding hydrogens is 497 g/mol. The van der Waals surface area contributed by atoms with E-state index < -0.39 is 23.3 Å². The number of alkyl halides is 3. The highest BCUT2D eigenvalue weighted by atomic mass is 19.4. The summed E-state index contributed by atoms with van der Waals surface area (Å²) in [4.78, 5) is 16.4. The second-order valence-corrected chi connectivity index (χ2v) is 9.97. The van der Waals surface area contributed by atoms with Gasteiger partial charge in [-0.2, -0.15) is 23.4 Å². The molecule has 0 aliphatic rings. The number of primary amides is 1. The van der Waals surface area contributed by atoms with E-state index in [1.807, 2.05) is 20.8 Å². The van der Waals surface area contributed by atoms with Crippen LogP contribution in [0.3, 0.4) is 0 Å². The van der Waals surface area contributed by atoms with E-state index in [1.54, 1.807) is 54.6 Å². The quantitative estimate of drug-likeness (QED) is 0.340. The Morgan fingerprint density at radius 2 is 1.84 bits per heavy atom. The van der Waals surface area contributed by atoms with Crippen molar-refractivity contribution in [2.45, 2.75) is 32.5 Å². The average molecular weight is 523 g/mol. The Bertz CT molecular complexity index is 1670. The van der Waals surface area contributed by atoms with Crippen molar-refractivity contribution in [1.82, 2.24) is 29.1 Å². The Morgan fingerprint density at radius 3 is 2.47 bits per heavy atom. The summed E-state index contributed by atoms with van der Waals surface area (Å²) < 4.78 is 47.3. The van der Waals surface area contributed by atoms with Gasteiger partial charge in [-0.3, -0.25) is 9.48 Å². The first kappa shape index (κ1) is 25.1. The predicted octanol–water partition coefficient (Wildman–Crippen LogP) is 4.94. The van der Waals surface area contributed by atoms with E-state index in [1.165, 1.54) is 27.7 Å². The van der Waals surface area contributed by atoms with Crippen LogP contribution in [0, 0.1) is 0 Å². The SMILES string of the molecule is Cn1cc(-c2cn(-c3cccc4c3c(C(F)(F)F)nn4-c3ccc(C(N)=O)c(NC(C)(C)C)c3)cn2)cn1. The summed E-state index contributed by atoms with van der Waals surface area (Å²) in [5, 5.41) is 11.2. The normalized spacial score (nSPS) is 12.3. The van der Waals surface area contributed by atoms with Crippen LogP contribution < -0.4 is 11.1 Å². The minimum atomic E-state index is -4.73. The lowest BCUT2D eigenvalue weighted by atomic mass is 10.1. The largest absolute Gasteiger partial charge is 0.435 e. The maximum atomic E-state index is 14.3. The number of imidazole rings is 1. The molecule has 0 aliphatic carbocycles. The Kier molecular flexibility index (Phi) is 5.77. The molecule has 5 rings (SSSR count). The van der Waals surface area contributed by atoms with E-state index in [0.29, 0.717) is 17.1 Å². The molecule has 0 saturated heterocycles. The zero-order chi connectivity index (χ0) is 27.4. The Balaban J connectivity index is 1.71. The van der Waals surface area contributed by atoms with Crippen LogP contribution in [-0.4, -0.2) is 40.6 Å². The van der Waals surface area contributed by atoms with Crippen molar-refractivity contribution in [3.63, 3.8) is 0 Å². The van der Waals surface area contributed by atoms with Crippen molar-refractivity contribution in [3.8, 4) is 22.6 Å². The molecule has 0 spiro atoms. The van der Waals surface area contributed by atoms with Crippen molar-refractivity contribution in [2.75, 3.05) is 5.32 Å². The van der Waals surface area contributed by atoms with Gasteiger partial charge >= 0.3 is 6.18 Å². The first-order valence-electron chi connectivity index (χ1n) is 11.7. The number of nitrogens with zero attached hydrogens (tertiary/aromatic N) is 6. The molecular formula is C26H25F3N8O. The van der Waals surface area contributed by atoms with Gasteiger partial charge in [0.25, 0.3) is 5.91 Å². The Labute approximate surface area is 215 Å². The molecule has 9 nitrogen and oxygen atoms in total. The minimum absolute atomic E-state index is 0.0838. The summed E-state index contributed by atoms with van der Waals surface area (Å²) >= 11 is 0. The lowest BCUT2D eigenvalue weighted by Crippen LogP contribution is -2.28. The van der Waals surface area contributed by atoms with E-state index in [9.17, 15) is 18.0 Å². The van der Waals surface area contributed by atoms with Gasteiger partial charge in [-0.15, -0.1) is 0 Å². The zero-order valence-electron chi connectivity index (χ0n) is 21.1. The fourth-order valence-corrected chi connectivity index (χ4v) is 4.31. The van der Waals surface area contributed by atoms with Gasteiger partial charge in [-0.1, -0.05) is 6.07 Å². The van der Waals surface area contributed by atoms with Gasteiger partial charge in [-0.05, 0) is 51.1 Å². The summed E-state index contributed by atoms with van der Waals surface area (Å²) in [7, 11) is 1.77. The minimum Gasteiger partial charge on any atom is -0.380 e. The van der Waals surface area contributed by atoms with Gasteiger partial charge in [-0.25, -0.2) is 9.67 Å². The molecule has 1 amide bonds. The predicted molar refractivity (Wildman–Crippen MR) is 137 cm³/mol. The Hall–Kier alpha value is -4.61. The number of halogens is 3. The summed E-state index contributed by atoms with van der Waals surface area (Å²) in [6.45, 7) is 5.69. The molecule has 0 aliphatic heterocycles. The van der Waals surface area contributed by atoms with Crippen LogP contribution in [0.2, 0.25) is 0 Å². The lowest BCUT2D eigenvalue weighted by molar-refractivity contribution is -0.140. The molecule has 3 aromatic heterocycles. The molecule has 0 atom stereocenters. The second kappa shape index (κ2) is 8.75. The number of rotatable bonds is 5. The third-order valence-electron chi connectivity index (χ3n) is 5.84. The van der Waals surface area contributed by atoms with Crippen molar-refractivity contribution < 1.29 is 18.0 Å². The van der Waals surface area contributed by atoms with Crippen LogP contribution in [0.1, 0.15) is 36.8 Å². The Morgan fingerprint density at radius 1 is 1.08 bits per heavy atom. The number of carbonyl (C=O) groups excluding carboxylic acids is 1. The topological polar surface area (TPSA) is 109 Å². The van der Waals surface area contributed by atoms with Crippen molar-refractivity contribution in [3.05, 3.63) is 72.6 Å². The zero-order valence-corrected chi connectivity index (χ0v) is 21.1. The number of amides is 1. The van der Waals surface area contributed by atoms with E-state index in [0.717, 1.165) is 5.56 Å². The van der Waals surface area contributed by atoms with Crippen LogP contribution in [0.5, 0.6) is 0 Å². The fourth-order valence-electron chi connectivity index (χ4n) is 4.31.